The second-order valence-electron chi connectivity index (χ2n) is 5.96. The summed E-state index contributed by atoms with van der Waals surface area (Å²) < 4.78 is 0. The molecule has 0 N–H and O–H groups in total. The summed E-state index contributed by atoms with van der Waals surface area (Å²) in [5.74, 6) is 0. The third kappa shape index (κ3) is 3.16. The molecule has 0 unspecified atom stereocenters. The number of hydrogen-bond acceptors (Lipinski definition) is 5. The summed E-state index contributed by atoms with van der Waals surface area (Å²) in [6, 6.07) is 9.94. The molecule has 0 aliphatic carbocycles. The van der Waals surface area contributed by atoms with Crippen LogP contribution >= 0.6 is 0 Å². The van der Waals surface area contributed by atoms with Gasteiger partial charge in [0.2, 0.25) is 6.08 Å². The molecule has 2 aromatic carbocycles. The molecule has 3 rings (SSSR count). The van der Waals surface area contributed by atoms with Crippen LogP contribution in [0.5, 0.6) is 0 Å². The number of rotatable bonds is 5. The fourth-order valence-electron chi connectivity index (χ4n) is 2.98. The van der Waals surface area contributed by atoms with E-state index in [1.54, 1.807) is 16.9 Å². The normalized spacial score (nSPS) is 10.7. The topological polar surface area (TPSA) is 63.4 Å². The van der Waals surface area contributed by atoms with Crippen molar-refractivity contribution in [2.45, 2.75) is 27.7 Å². The van der Waals surface area contributed by atoms with Crippen LogP contribution in [0.4, 0.5) is 11.4 Å². The van der Waals surface area contributed by atoms with Gasteiger partial charge in [0, 0.05) is 18.8 Å². The first kappa shape index (κ1) is 16.9. The lowest BCUT2D eigenvalue weighted by Gasteiger charge is -2.22. The average molecular weight is 335 g/mol. The van der Waals surface area contributed by atoms with E-state index < -0.39 is 0 Å². The largest absolute Gasteiger partial charge is 0.372 e. The van der Waals surface area contributed by atoms with E-state index in [2.05, 4.69) is 53.0 Å². The monoisotopic (exact) mass is 335 g/mol. The van der Waals surface area contributed by atoms with Crippen LogP contribution in [0.25, 0.3) is 16.7 Å². The predicted octanol–water partition coefficient (Wildman–Crippen LogP) is 3.85. The number of isocyanates is 1. The molecule has 0 aliphatic rings. The Bertz CT molecular complexity index is 965. The number of nitrogens with zero attached hydrogens (tertiary/aromatic N) is 5. The van der Waals surface area contributed by atoms with Gasteiger partial charge in [0.05, 0.1) is 11.4 Å². The van der Waals surface area contributed by atoms with E-state index in [0.717, 1.165) is 35.4 Å². The standard InChI is InChI=1S/C19H21N5O/c1-5-23(6-2)15-7-8-19(14(4)9-15)24-21-17-10-13(3)16(20-12-25)11-18(17)22-24/h7-11H,5-6H2,1-4H3. The van der Waals surface area contributed by atoms with Crippen molar-refractivity contribution in [3.05, 3.63) is 41.5 Å². The van der Waals surface area contributed by atoms with Crippen LogP contribution in [0.3, 0.4) is 0 Å². The molecule has 0 aliphatic heterocycles. The number of carbonyl (C=O) groups excluding carboxylic acids is 1. The van der Waals surface area contributed by atoms with Crippen LogP contribution in [0.15, 0.2) is 35.3 Å². The van der Waals surface area contributed by atoms with E-state index in [0.29, 0.717) is 11.2 Å². The highest BCUT2D eigenvalue weighted by Crippen LogP contribution is 2.26. The maximum absolute atomic E-state index is 10.5. The van der Waals surface area contributed by atoms with Crippen LogP contribution < -0.4 is 4.90 Å². The molecular formula is C19H21N5O. The van der Waals surface area contributed by atoms with E-state index in [1.165, 1.54) is 5.69 Å². The van der Waals surface area contributed by atoms with E-state index in [1.807, 2.05) is 19.1 Å². The highest BCUT2D eigenvalue weighted by Gasteiger charge is 2.11. The number of fused-ring (bicyclic) bond motifs is 1. The second kappa shape index (κ2) is 6.87. The lowest BCUT2D eigenvalue weighted by molar-refractivity contribution is 0.565. The Morgan fingerprint density at radius 1 is 1.04 bits per heavy atom. The fourth-order valence-corrected chi connectivity index (χ4v) is 2.98. The molecule has 1 aromatic heterocycles. The predicted molar refractivity (Wildman–Crippen MR) is 99.7 cm³/mol. The van der Waals surface area contributed by atoms with E-state index >= 15 is 0 Å². The molecule has 128 valence electrons. The maximum Gasteiger partial charge on any atom is 0.240 e. The van der Waals surface area contributed by atoms with E-state index in [-0.39, 0.29) is 0 Å². The van der Waals surface area contributed by atoms with Crippen molar-refractivity contribution >= 4 is 28.5 Å². The van der Waals surface area contributed by atoms with Crippen molar-refractivity contribution in [2.75, 3.05) is 18.0 Å². The molecule has 1 heterocycles. The maximum atomic E-state index is 10.5. The van der Waals surface area contributed by atoms with Crippen LogP contribution in [-0.4, -0.2) is 34.2 Å². The quantitative estimate of drug-likeness (QED) is 0.525. The molecule has 0 atom stereocenters. The first-order valence-electron chi connectivity index (χ1n) is 8.39. The molecular weight excluding hydrogens is 314 g/mol. The molecule has 6 heteroatoms. The van der Waals surface area contributed by atoms with Crippen LogP contribution in [0.1, 0.15) is 25.0 Å². The number of aryl methyl sites for hydroxylation is 2. The summed E-state index contributed by atoms with van der Waals surface area (Å²) in [5.41, 5.74) is 6.15. The minimum atomic E-state index is 0.572. The van der Waals surface area contributed by atoms with Gasteiger partial charge in [0.15, 0.2) is 0 Å². The Hall–Kier alpha value is -2.98. The SMILES string of the molecule is CCN(CC)c1ccc(-n2nc3cc(C)c(N=C=O)cc3n2)c(C)c1. The summed E-state index contributed by atoms with van der Waals surface area (Å²) in [5, 5.41) is 9.12. The van der Waals surface area contributed by atoms with Gasteiger partial charge < -0.3 is 4.90 Å². The van der Waals surface area contributed by atoms with Crippen molar-refractivity contribution in [2.24, 2.45) is 4.99 Å². The Morgan fingerprint density at radius 3 is 2.32 bits per heavy atom. The summed E-state index contributed by atoms with van der Waals surface area (Å²) in [6.07, 6.45) is 1.58. The minimum absolute atomic E-state index is 0.572. The molecule has 0 radical (unpaired) electrons. The molecule has 0 spiro atoms. The van der Waals surface area contributed by atoms with Crippen LogP contribution in [-0.2, 0) is 4.79 Å². The highest BCUT2D eigenvalue weighted by atomic mass is 16.1. The number of anilines is 1. The van der Waals surface area contributed by atoms with Crippen molar-refractivity contribution in [3.8, 4) is 5.69 Å². The van der Waals surface area contributed by atoms with Gasteiger partial charge >= 0.3 is 0 Å². The van der Waals surface area contributed by atoms with Gasteiger partial charge in [-0.25, -0.2) is 4.79 Å². The average Bonchev–Trinajstić information content (AvgIpc) is 2.99. The fraction of sp³-hybridized carbons (Fsp3) is 0.316. The number of aliphatic imine (C=N–C) groups is 1. The highest BCUT2D eigenvalue weighted by molar-refractivity contribution is 5.80. The van der Waals surface area contributed by atoms with Gasteiger partial charge in [-0.15, -0.1) is 10.2 Å². The Kier molecular flexibility index (Phi) is 4.63. The Morgan fingerprint density at radius 2 is 1.72 bits per heavy atom. The van der Waals surface area contributed by atoms with Crippen LogP contribution in [0.2, 0.25) is 0 Å². The summed E-state index contributed by atoms with van der Waals surface area (Å²) in [6.45, 7) is 10.2. The van der Waals surface area contributed by atoms with E-state index in [9.17, 15) is 4.79 Å². The number of aromatic nitrogens is 3. The van der Waals surface area contributed by atoms with Crippen molar-refractivity contribution < 1.29 is 4.79 Å². The molecule has 3 aromatic rings. The van der Waals surface area contributed by atoms with Gasteiger partial charge in [0.25, 0.3) is 0 Å². The van der Waals surface area contributed by atoms with E-state index in [4.69, 9.17) is 0 Å². The lowest BCUT2D eigenvalue weighted by Crippen LogP contribution is -2.21. The van der Waals surface area contributed by atoms with Crippen molar-refractivity contribution in [1.29, 1.82) is 0 Å². The zero-order chi connectivity index (χ0) is 18.0. The molecule has 0 fully saturated rings. The molecule has 0 saturated heterocycles. The van der Waals surface area contributed by atoms with Gasteiger partial charge in [-0.2, -0.15) is 9.79 Å². The number of hydrogen-bond donors (Lipinski definition) is 0. The Balaban J connectivity index is 2.06. The summed E-state index contributed by atoms with van der Waals surface area (Å²) in [4.78, 5) is 18.2. The van der Waals surface area contributed by atoms with Crippen LogP contribution in [0, 0.1) is 13.8 Å². The van der Waals surface area contributed by atoms with Gasteiger partial charge in [0.1, 0.15) is 11.0 Å². The zero-order valence-corrected chi connectivity index (χ0v) is 14.9. The molecule has 6 nitrogen and oxygen atoms in total. The summed E-state index contributed by atoms with van der Waals surface area (Å²) >= 11 is 0. The molecule has 0 bridgehead atoms. The van der Waals surface area contributed by atoms with Gasteiger partial charge in [-0.3, -0.25) is 0 Å². The third-order valence-corrected chi connectivity index (χ3v) is 4.39. The number of benzene rings is 2. The first-order valence-corrected chi connectivity index (χ1v) is 8.39. The van der Waals surface area contributed by atoms with Crippen molar-refractivity contribution in [1.82, 2.24) is 15.0 Å². The first-order chi connectivity index (χ1) is 12.1. The lowest BCUT2D eigenvalue weighted by atomic mass is 10.1. The molecule has 25 heavy (non-hydrogen) atoms. The summed E-state index contributed by atoms with van der Waals surface area (Å²) in [7, 11) is 0. The second-order valence-corrected chi connectivity index (χ2v) is 5.96. The van der Waals surface area contributed by atoms with Gasteiger partial charge in [-0.1, -0.05) is 0 Å². The zero-order valence-electron chi connectivity index (χ0n) is 14.9. The smallest absolute Gasteiger partial charge is 0.240 e. The van der Waals surface area contributed by atoms with Gasteiger partial charge in [-0.05, 0) is 69.2 Å². The van der Waals surface area contributed by atoms with Crippen molar-refractivity contribution in [3.63, 3.8) is 0 Å². The Labute approximate surface area is 146 Å². The molecule has 0 amide bonds. The third-order valence-electron chi connectivity index (χ3n) is 4.39. The molecule has 0 saturated carbocycles. The minimum Gasteiger partial charge on any atom is -0.372 e.